The third-order valence-electron chi connectivity index (χ3n) is 9.66. The van der Waals surface area contributed by atoms with E-state index in [-0.39, 0.29) is 18.0 Å². The van der Waals surface area contributed by atoms with E-state index < -0.39 is 12.5 Å². The number of aromatic nitrogens is 1. The molecule has 10 nitrogen and oxygen atoms in total. The van der Waals surface area contributed by atoms with E-state index in [2.05, 4.69) is 21.3 Å². The summed E-state index contributed by atoms with van der Waals surface area (Å²) in [7, 11) is 0. The highest BCUT2D eigenvalue weighted by Crippen LogP contribution is 2.26. The van der Waals surface area contributed by atoms with Crippen LogP contribution in [-0.2, 0) is 22.4 Å². The number of rotatable bonds is 8. The Morgan fingerprint density at radius 1 is 1.05 bits per heavy atom. The van der Waals surface area contributed by atoms with Gasteiger partial charge in [-0.3, -0.25) is 19.6 Å². The number of benzene rings is 1. The summed E-state index contributed by atoms with van der Waals surface area (Å²) in [6.07, 6.45) is 4.59. The summed E-state index contributed by atoms with van der Waals surface area (Å²) in [6.45, 7) is 9.52. The van der Waals surface area contributed by atoms with E-state index >= 15 is 0 Å². The van der Waals surface area contributed by atoms with E-state index in [0.717, 1.165) is 66.8 Å². The van der Waals surface area contributed by atoms with Crippen molar-refractivity contribution in [2.45, 2.75) is 77.0 Å². The maximum absolute atomic E-state index is 13.8. The molecule has 3 amide bonds. The average molecular weight is 577 g/mol. The lowest BCUT2D eigenvalue weighted by molar-refractivity contribution is -0.225. The Kier molecular flexibility index (Phi) is 8.76. The van der Waals surface area contributed by atoms with Crippen LogP contribution in [0.15, 0.2) is 36.5 Å². The van der Waals surface area contributed by atoms with Gasteiger partial charge in [-0.05, 0) is 87.9 Å². The van der Waals surface area contributed by atoms with Gasteiger partial charge in [0.2, 0.25) is 6.41 Å². The second-order valence-electron chi connectivity index (χ2n) is 12.3. The zero-order valence-corrected chi connectivity index (χ0v) is 24.9. The number of piperidine rings is 1. The van der Waals surface area contributed by atoms with Crippen LogP contribution in [0, 0.1) is 13.8 Å². The van der Waals surface area contributed by atoms with Crippen LogP contribution in [-0.4, -0.2) is 112 Å². The van der Waals surface area contributed by atoms with Gasteiger partial charge < -0.3 is 25.0 Å². The first-order valence-electron chi connectivity index (χ1n) is 15.5. The molecule has 226 valence electrons. The van der Waals surface area contributed by atoms with E-state index in [1.165, 1.54) is 6.42 Å². The Hall–Kier alpha value is -3.05. The molecule has 2 N–H and O–H groups in total. The highest BCUT2D eigenvalue weighted by Gasteiger charge is 2.38. The number of carbonyl (C=O) groups excluding carboxylic acids is 2. The highest BCUT2D eigenvalue weighted by molar-refractivity contribution is 5.91. The molecule has 0 spiro atoms. The topological polar surface area (TPSA) is 101 Å². The van der Waals surface area contributed by atoms with E-state index in [4.69, 9.17) is 4.74 Å². The number of nitrogens with one attached hydrogen (secondary N) is 1. The van der Waals surface area contributed by atoms with Gasteiger partial charge >= 0.3 is 6.03 Å². The molecular weight excluding hydrogens is 532 g/mol. The lowest BCUT2D eigenvalue weighted by atomic mass is 10.0. The molecule has 1 aromatic carbocycles. The summed E-state index contributed by atoms with van der Waals surface area (Å²) in [5, 5.41) is 14.3. The number of aliphatic hydroxyl groups is 1. The van der Waals surface area contributed by atoms with Gasteiger partial charge in [0.25, 0.3) is 5.91 Å². The minimum atomic E-state index is -1.21. The third-order valence-corrected chi connectivity index (χ3v) is 9.66. The lowest BCUT2D eigenvalue weighted by Crippen LogP contribution is -2.53. The van der Waals surface area contributed by atoms with Gasteiger partial charge in [0.05, 0.1) is 0 Å². The van der Waals surface area contributed by atoms with Gasteiger partial charge in [0.15, 0.2) is 0 Å². The van der Waals surface area contributed by atoms with Crippen LogP contribution in [0.25, 0.3) is 0 Å². The van der Waals surface area contributed by atoms with Gasteiger partial charge in [-0.15, -0.1) is 0 Å². The Morgan fingerprint density at radius 3 is 2.55 bits per heavy atom. The number of amides is 3. The normalized spacial score (nSPS) is 23.6. The smallest absolute Gasteiger partial charge is 0.322 e. The van der Waals surface area contributed by atoms with Crippen molar-refractivity contribution >= 4 is 17.6 Å². The van der Waals surface area contributed by atoms with Crippen LogP contribution >= 0.6 is 0 Å². The summed E-state index contributed by atoms with van der Waals surface area (Å²) in [5.74, 6) is -0.0761. The second-order valence-corrected chi connectivity index (χ2v) is 12.3. The summed E-state index contributed by atoms with van der Waals surface area (Å²) in [4.78, 5) is 39.5. The number of likely N-dealkylation sites (tertiary alicyclic amines) is 3. The lowest BCUT2D eigenvalue weighted by Gasteiger charge is -2.40. The van der Waals surface area contributed by atoms with Gasteiger partial charge in [0, 0.05) is 68.8 Å². The van der Waals surface area contributed by atoms with Gasteiger partial charge in [-0.2, -0.15) is 0 Å². The van der Waals surface area contributed by atoms with Crippen molar-refractivity contribution < 1.29 is 19.4 Å². The number of ether oxygens (including phenoxy) is 1. The number of pyridine rings is 1. The van der Waals surface area contributed by atoms with Gasteiger partial charge in [-0.1, -0.05) is 18.2 Å². The van der Waals surface area contributed by atoms with E-state index in [1.807, 2.05) is 59.0 Å². The van der Waals surface area contributed by atoms with Crippen LogP contribution in [0.4, 0.5) is 10.5 Å². The van der Waals surface area contributed by atoms with Crippen molar-refractivity contribution in [1.29, 1.82) is 0 Å². The molecule has 0 aliphatic carbocycles. The summed E-state index contributed by atoms with van der Waals surface area (Å²) >= 11 is 0. The average Bonchev–Trinajstić information content (AvgIpc) is 3.36. The van der Waals surface area contributed by atoms with E-state index in [1.54, 1.807) is 0 Å². The number of aryl methyl sites for hydroxylation is 2. The highest BCUT2D eigenvalue weighted by atomic mass is 16.6. The molecule has 5 heterocycles. The number of fused-ring (bicyclic) bond motifs is 1. The van der Waals surface area contributed by atoms with Crippen molar-refractivity contribution in [3.05, 3.63) is 58.9 Å². The Balaban J connectivity index is 1.08. The molecule has 3 unspecified atom stereocenters. The zero-order chi connectivity index (χ0) is 29.2. The number of urea groups is 1. The fraction of sp³-hybridized carbons (Fsp3) is 0.594. The van der Waals surface area contributed by atoms with Crippen molar-refractivity contribution in [3.8, 4) is 0 Å². The van der Waals surface area contributed by atoms with Crippen LogP contribution in [0.1, 0.15) is 48.1 Å². The summed E-state index contributed by atoms with van der Waals surface area (Å²) < 4.78 is 6.18. The minimum absolute atomic E-state index is 0.0658. The largest absolute Gasteiger partial charge is 0.356 e. The Bertz CT molecular complexity index is 1280. The fourth-order valence-corrected chi connectivity index (χ4v) is 6.72. The number of hydrogen-bond donors (Lipinski definition) is 2. The minimum Gasteiger partial charge on any atom is -0.356 e. The first kappa shape index (κ1) is 29.0. The molecule has 0 bridgehead atoms. The predicted molar refractivity (Wildman–Crippen MR) is 160 cm³/mol. The SMILES string of the molecule is Cc1cnc(CC(OC(O)N2CCC(N3CCc4ccccc4NC3=O)CC2)C(=O)N2CCC(N3CCC3)C2)cc1C. The standard InChI is InChI=1S/C32H44N6O4/c1-22-18-25(33-20-23(22)2)19-29(30(39)37-16-11-27(21-37)35-12-5-13-35)42-32(41)36-14-9-26(10-15-36)38-17-8-24-6-3-4-7-28(24)34-31(38)40/h3-4,6-7,18,20,26-27,29,32,41H,5,8-17,19,21H2,1-2H3,(H,34,40). The summed E-state index contributed by atoms with van der Waals surface area (Å²) in [6, 6.07) is 10.4. The molecule has 1 aromatic heterocycles. The van der Waals surface area contributed by atoms with Gasteiger partial charge in [-0.25, -0.2) is 4.79 Å². The molecular formula is C32H44N6O4. The molecule has 10 heteroatoms. The molecule has 6 rings (SSSR count). The molecule has 3 fully saturated rings. The molecule has 0 saturated carbocycles. The maximum Gasteiger partial charge on any atom is 0.322 e. The second kappa shape index (κ2) is 12.7. The number of carbonyl (C=O) groups is 2. The van der Waals surface area contributed by atoms with E-state index in [0.29, 0.717) is 45.2 Å². The molecule has 3 atom stereocenters. The van der Waals surface area contributed by atoms with Crippen LogP contribution in [0.2, 0.25) is 0 Å². The summed E-state index contributed by atoms with van der Waals surface area (Å²) in [5.41, 5.74) is 5.04. The van der Waals surface area contributed by atoms with Crippen molar-refractivity contribution in [2.75, 3.05) is 51.1 Å². The maximum atomic E-state index is 13.8. The number of aliphatic hydroxyl groups excluding tert-OH is 1. The van der Waals surface area contributed by atoms with Gasteiger partial charge in [0.1, 0.15) is 6.10 Å². The Labute approximate surface area is 248 Å². The quantitative estimate of drug-likeness (QED) is 0.466. The van der Waals surface area contributed by atoms with Crippen LogP contribution in [0.5, 0.6) is 0 Å². The Morgan fingerprint density at radius 2 is 1.81 bits per heavy atom. The van der Waals surface area contributed by atoms with Crippen molar-refractivity contribution in [2.24, 2.45) is 0 Å². The molecule has 42 heavy (non-hydrogen) atoms. The molecule has 4 aliphatic rings. The molecule has 2 aromatic rings. The first-order valence-corrected chi connectivity index (χ1v) is 15.5. The fourth-order valence-electron chi connectivity index (χ4n) is 6.72. The van der Waals surface area contributed by atoms with Crippen molar-refractivity contribution in [3.63, 3.8) is 0 Å². The number of hydrogen-bond acceptors (Lipinski definition) is 7. The number of para-hydroxylation sites is 1. The monoisotopic (exact) mass is 576 g/mol. The molecule has 4 aliphatic heterocycles. The van der Waals surface area contributed by atoms with Crippen molar-refractivity contribution in [1.82, 2.24) is 24.6 Å². The number of nitrogens with zero attached hydrogens (tertiary/aromatic N) is 5. The zero-order valence-electron chi connectivity index (χ0n) is 24.9. The van der Waals surface area contributed by atoms with Crippen LogP contribution in [0.3, 0.4) is 0 Å². The predicted octanol–water partition coefficient (Wildman–Crippen LogP) is 2.76. The van der Waals surface area contributed by atoms with E-state index in [9.17, 15) is 14.7 Å². The first-order chi connectivity index (χ1) is 20.4. The molecule has 0 radical (unpaired) electrons. The number of anilines is 1. The third kappa shape index (κ3) is 6.32. The molecule has 3 saturated heterocycles. The van der Waals surface area contributed by atoms with Crippen LogP contribution < -0.4 is 5.32 Å².